The maximum atomic E-state index is 12.2. The molecule has 0 radical (unpaired) electrons. The second-order valence-corrected chi connectivity index (χ2v) is 5.85. The quantitative estimate of drug-likeness (QED) is 0.847. The van der Waals surface area contributed by atoms with Crippen molar-refractivity contribution in [3.05, 3.63) is 42.0 Å². The molecule has 0 saturated heterocycles. The van der Waals surface area contributed by atoms with Crippen molar-refractivity contribution in [1.82, 2.24) is 5.32 Å². The number of hydrogen-bond donors (Lipinski definition) is 2. The lowest BCUT2D eigenvalue weighted by molar-refractivity contribution is -0.130. The van der Waals surface area contributed by atoms with Gasteiger partial charge in [0, 0.05) is 5.92 Å². The van der Waals surface area contributed by atoms with Crippen LogP contribution < -0.4 is 11.1 Å². The number of nitrogens with two attached hydrogens (primary N) is 1. The van der Waals surface area contributed by atoms with E-state index in [1.807, 2.05) is 42.5 Å². The standard InChI is InChI=1S/C18H24N2O2/c19-17(21)16(13-7-10-14-8-3-1-4-9-14)20-18(22)15-11-5-2-6-12-15/h1,3-4,7-10,15-16H,2,5-6,11-13H2,(H2,19,21)(H,20,22)/b10-7+/t16-/m1/s1. The van der Waals surface area contributed by atoms with Gasteiger partial charge < -0.3 is 11.1 Å². The van der Waals surface area contributed by atoms with E-state index in [-0.39, 0.29) is 11.8 Å². The van der Waals surface area contributed by atoms with Crippen molar-refractivity contribution in [2.24, 2.45) is 11.7 Å². The SMILES string of the molecule is NC(=O)[C@@H](C/C=C/c1ccccc1)NC(=O)C1CCCCC1. The van der Waals surface area contributed by atoms with Crippen LogP contribution >= 0.6 is 0 Å². The highest BCUT2D eigenvalue weighted by Crippen LogP contribution is 2.23. The number of amides is 2. The van der Waals surface area contributed by atoms with Crippen LogP contribution in [0.3, 0.4) is 0 Å². The number of rotatable bonds is 6. The van der Waals surface area contributed by atoms with Crippen molar-refractivity contribution < 1.29 is 9.59 Å². The zero-order chi connectivity index (χ0) is 15.8. The topological polar surface area (TPSA) is 72.2 Å². The molecule has 0 heterocycles. The summed E-state index contributed by atoms with van der Waals surface area (Å²) in [7, 11) is 0. The van der Waals surface area contributed by atoms with Gasteiger partial charge in [0.25, 0.3) is 0 Å². The third-order valence-electron chi connectivity index (χ3n) is 4.12. The highest BCUT2D eigenvalue weighted by Gasteiger charge is 2.24. The van der Waals surface area contributed by atoms with Gasteiger partial charge in [0.2, 0.25) is 11.8 Å². The normalized spacial score (nSPS) is 17.3. The zero-order valence-electron chi connectivity index (χ0n) is 12.8. The molecule has 4 nitrogen and oxygen atoms in total. The zero-order valence-corrected chi connectivity index (χ0v) is 12.8. The van der Waals surface area contributed by atoms with Gasteiger partial charge in [0.05, 0.1) is 0 Å². The van der Waals surface area contributed by atoms with E-state index in [4.69, 9.17) is 5.73 Å². The number of nitrogens with one attached hydrogen (secondary N) is 1. The minimum atomic E-state index is -0.630. The molecule has 1 fully saturated rings. The summed E-state index contributed by atoms with van der Waals surface area (Å²) in [4.78, 5) is 23.7. The molecule has 0 spiro atoms. The first-order valence-corrected chi connectivity index (χ1v) is 7.98. The van der Waals surface area contributed by atoms with Crippen LogP contribution in [0.2, 0.25) is 0 Å². The summed E-state index contributed by atoms with van der Waals surface area (Å²) in [5.74, 6) is -0.479. The maximum absolute atomic E-state index is 12.2. The van der Waals surface area contributed by atoms with E-state index < -0.39 is 11.9 Å². The number of primary amides is 1. The molecular formula is C18H24N2O2. The van der Waals surface area contributed by atoms with Crippen LogP contribution in [-0.2, 0) is 9.59 Å². The Hall–Kier alpha value is -2.10. The molecule has 1 aromatic carbocycles. The van der Waals surface area contributed by atoms with Gasteiger partial charge >= 0.3 is 0 Å². The van der Waals surface area contributed by atoms with Crippen molar-refractivity contribution in [3.8, 4) is 0 Å². The molecule has 22 heavy (non-hydrogen) atoms. The molecule has 2 amide bonds. The summed E-state index contributed by atoms with van der Waals surface area (Å²) in [6.45, 7) is 0. The molecular weight excluding hydrogens is 276 g/mol. The summed E-state index contributed by atoms with van der Waals surface area (Å²) in [5, 5.41) is 2.81. The van der Waals surface area contributed by atoms with Crippen LogP contribution in [0.1, 0.15) is 44.1 Å². The lowest BCUT2D eigenvalue weighted by atomic mass is 9.88. The van der Waals surface area contributed by atoms with E-state index >= 15 is 0 Å². The van der Waals surface area contributed by atoms with Crippen LogP contribution in [0.25, 0.3) is 6.08 Å². The maximum Gasteiger partial charge on any atom is 0.240 e. The fraction of sp³-hybridized carbons (Fsp3) is 0.444. The Morgan fingerprint density at radius 2 is 1.86 bits per heavy atom. The number of benzene rings is 1. The summed E-state index contributed by atoms with van der Waals surface area (Å²) < 4.78 is 0. The Labute approximate surface area is 131 Å². The predicted molar refractivity (Wildman–Crippen MR) is 87.8 cm³/mol. The van der Waals surface area contributed by atoms with Gasteiger partial charge in [-0.1, -0.05) is 61.7 Å². The van der Waals surface area contributed by atoms with Gasteiger partial charge in [-0.3, -0.25) is 9.59 Å². The second-order valence-electron chi connectivity index (χ2n) is 5.85. The highest BCUT2D eigenvalue weighted by atomic mass is 16.2. The first-order valence-electron chi connectivity index (χ1n) is 7.98. The van der Waals surface area contributed by atoms with Gasteiger partial charge in [0.15, 0.2) is 0 Å². The second kappa shape index (κ2) is 8.37. The third kappa shape index (κ3) is 5.02. The molecule has 1 aliphatic rings. The Morgan fingerprint density at radius 3 is 2.50 bits per heavy atom. The number of carbonyl (C=O) groups excluding carboxylic acids is 2. The van der Waals surface area contributed by atoms with Crippen LogP contribution in [0.5, 0.6) is 0 Å². The molecule has 1 saturated carbocycles. The molecule has 4 heteroatoms. The average molecular weight is 300 g/mol. The first kappa shape index (κ1) is 16.3. The largest absolute Gasteiger partial charge is 0.368 e. The number of hydrogen-bond acceptors (Lipinski definition) is 2. The summed E-state index contributed by atoms with van der Waals surface area (Å²) in [5.41, 5.74) is 6.47. The first-order chi connectivity index (χ1) is 10.7. The van der Waals surface area contributed by atoms with E-state index in [2.05, 4.69) is 5.32 Å². The fourth-order valence-corrected chi connectivity index (χ4v) is 2.80. The van der Waals surface area contributed by atoms with E-state index in [0.717, 1.165) is 31.2 Å². The predicted octanol–water partition coefficient (Wildman–Crippen LogP) is 2.64. The number of carbonyl (C=O) groups is 2. The van der Waals surface area contributed by atoms with Crippen molar-refractivity contribution in [2.45, 2.75) is 44.6 Å². The van der Waals surface area contributed by atoms with Crippen molar-refractivity contribution in [3.63, 3.8) is 0 Å². The van der Waals surface area contributed by atoms with Crippen molar-refractivity contribution >= 4 is 17.9 Å². The Morgan fingerprint density at radius 1 is 1.18 bits per heavy atom. The molecule has 3 N–H and O–H groups in total. The Balaban J connectivity index is 1.88. The lowest BCUT2D eigenvalue weighted by Crippen LogP contribution is -2.46. The Kier molecular flexibility index (Phi) is 6.19. The highest BCUT2D eigenvalue weighted by molar-refractivity contribution is 5.87. The van der Waals surface area contributed by atoms with Crippen LogP contribution in [0.4, 0.5) is 0 Å². The lowest BCUT2D eigenvalue weighted by Gasteiger charge is -2.23. The molecule has 0 bridgehead atoms. The van der Waals surface area contributed by atoms with Crippen LogP contribution in [0, 0.1) is 5.92 Å². The molecule has 1 aliphatic carbocycles. The molecule has 2 rings (SSSR count). The van der Waals surface area contributed by atoms with Gasteiger partial charge in [-0.2, -0.15) is 0 Å². The van der Waals surface area contributed by atoms with Crippen molar-refractivity contribution in [1.29, 1.82) is 0 Å². The molecule has 118 valence electrons. The van der Waals surface area contributed by atoms with E-state index in [1.165, 1.54) is 6.42 Å². The summed E-state index contributed by atoms with van der Waals surface area (Å²) >= 11 is 0. The monoisotopic (exact) mass is 300 g/mol. The summed E-state index contributed by atoms with van der Waals surface area (Å²) in [6.07, 6.45) is 9.44. The van der Waals surface area contributed by atoms with E-state index in [0.29, 0.717) is 6.42 Å². The van der Waals surface area contributed by atoms with Gasteiger partial charge in [-0.25, -0.2) is 0 Å². The van der Waals surface area contributed by atoms with Gasteiger partial charge in [-0.15, -0.1) is 0 Å². The molecule has 0 aromatic heterocycles. The van der Waals surface area contributed by atoms with E-state index in [9.17, 15) is 9.59 Å². The molecule has 1 aromatic rings. The van der Waals surface area contributed by atoms with Gasteiger partial charge in [0.1, 0.15) is 6.04 Å². The Bertz CT molecular complexity index is 519. The minimum absolute atomic E-state index is 0.0309. The molecule has 0 unspecified atom stereocenters. The van der Waals surface area contributed by atoms with Gasteiger partial charge in [-0.05, 0) is 24.8 Å². The molecule has 0 aliphatic heterocycles. The van der Waals surface area contributed by atoms with Crippen LogP contribution in [0.15, 0.2) is 36.4 Å². The van der Waals surface area contributed by atoms with E-state index in [1.54, 1.807) is 0 Å². The minimum Gasteiger partial charge on any atom is -0.368 e. The fourth-order valence-electron chi connectivity index (χ4n) is 2.80. The van der Waals surface area contributed by atoms with Crippen molar-refractivity contribution in [2.75, 3.05) is 0 Å². The summed E-state index contributed by atoms with van der Waals surface area (Å²) in [6, 6.07) is 9.20. The smallest absolute Gasteiger partial charge is 0.240 e. The van der Waals surface area contributed by atoms with Crippen LogP contribution in [-0.4, -0.2) is 17.9 Å². The third-order valence-corrected chi connectivity index (χ3v) is 4.12. The molecule has 1 atom stereocenters. The average Bonchev–Trinajstić information content (AvgIpc) is 2.55.